The topological polar surface area (TPSA) is 46.4 Å². The summed E-state index contributed by atoms with van der Waals surface area (Å²) in [4.78, 5) is 12.8. The molecule has 1 aliphatic heterocycles. The largest absolute Gasteiger partial charge is 0.337 e. The molecule has 0 aliphatic carbocycles. The molecule has 100 valence electrons. The molecule has 0 fully saturated rings. The van der Waals surface area contributed by atoms with Gasteiger partial charge >= 0.3 is 0 Å². The summed E-state index contributed by atoms with van der Waals surface area (Å²) in [6.45, 7) is 2.48. The van der Waals surface area contributed by atoms with Gasteiger partial charge in [-0.15, -0.1) is 0 Å². The number of rotatable bonds is 2. The highest BCUT2D eigenvalue weighted by Crippen LogP contribution is 2.34. The molecule has 4 nitrogen and oxygen atoms in total. The third-order valence-corrected chi connectivity index (χ3v) is 3.51. The normalized spacial score (nSPS) is 13.2. The van der Waals surface area contributed by atoms with E-state index in [9.17, 15) is 10.1 Å². The van der Waals surface area contributed by atoms with Crippen molar-refractivity contribution >= 4 is 23.1 Å². The lowest BCUT2D eigenvalue weighted by atomic mass is 10.1. The molecule has 0 bridgehead atoms. The first kappa shape index (κ1) is 12.4. The van der Waals surface area contributed by atoms with Crippen LogP contribution in [0.2, 0.25) is 0 Å². The van der Waals surface area contributed by atoms with Crippen molar-refractivity contribution < 1.29 is 4.92 Å². The minimum atomic E-state index is -0.329. The van der Waals surface area contributed by atoms with Crippen molar-refractivity contribution in [1.82, 2.24) is 0 Å². The lowest BCUT2D eigenvalue weighted by Crippen LogP contribution is -2.20. The summed E-state index contributed by atoms with van der Waals surface area (Å²) in [6.07, 6.45) is 4.14. The highest BCUT2D eigenvalue weighted by Gasteiger charge is 2.18. The number of benzene rings is 2. The summed E-state index contributed by atoms with van der Waals surface area (Å²) in [5, 5.41) is 11.1. The van der Waals surface area contributed by atoms with Crippen LogP contribution in [0, 0.1) is 17.0 Å². The first-order valence-corrected chi connectivity index (χ1v) is 6.45. The minimum Gasteiger partial charge on any atom is -0.337 e. The summed E-state index contributed by atoms with van der Waals surface area (Å²) in [5.74, 6) is 0. The van der Waals surface area contributed by atoms with Crippen LogP contribution < -0.4 is 4.90 Å². The number of para-hydroxylation sites is 1. The Kier molecular flexibility index (Phi) is 2.99. The average Bonchev–Trinajstić information content (AvgIpc) is 2.47. The van der Waals surface area contributed by atoms with Crippen LogP contribution in [0.3, 0.4) is 0 Å². The number of anilines is 2. The van der Waals surface area contributed by atoms with E-state index in [2.05, 4.69) is 17.1 Å². The van der Waals surface area contributed by atoms with Gasteiger partial charge in [-0.25, -0.2) is 0 Å². The average molecular weight is 266 g/mol. The van der Waals surface area contributed by atoms with Crippen molar-refractivity contribution in [1.29, 1.82) is 0 Å². The van der Waals surface area contributed by atoms with Crippen molar-refractivity contribution in [2.45, 2.75) is 6.92 Å². The van der Waals surface area contributed by atoms with E-state index in [1.807, 2.05) is 30.3 Å². The monoisotopic (exact) mass is 266 g/mol. The Balaban J connectivity index is 2.08. The molecule has 2 aromatic carbocycles. The van der Waals surface area contributed by atoms with Crippen LogP contribution in [-0.4, -0.2) is 11.5 Å². The Morgan fingerprint density at radius 1 is 1.20 bits per heavy atom. The molecule has 0 aromatic heterocycles. The third-order valence-electron chi connectivity index (χ3n) is 3.51. The van der Waals surface area contributed by atoms with Crippen molar-refractivity contribution in [3.8, 4) is 0 Å². The highest BCUT2D eigenvalue weighted by atomic mass is 16.6. The molecule has 0 radical (unpaired) electrons. The highest BCUT2D eigenvalue weighted by molar-refractivity contribution is 5.78. The van der Waals surface area contributed by atoms with Crippen LogP contribution in [0.4, 0.5) is 17.1 Å². The standard InChI is InChI=1S/C16H14N2O2/c1-12-8-9-14(11-16(12)18(19)20)17-10-4-6-13-5-2-3-7-15(13)17/h2-9,11H,10H2,1H3. The van der Waals surface area contributed by atoms with Crippen LogP contribution in [0.25, 0.3) is 6.08 Å². The van der Waals surface area contributed by atoms with Gasteiger partial charge < -0.3 is 4.90 Å². The molecular formula is C16H14N2O2. The summed E-state index contributed by atoms with van der Waals surface area (Å²) < 4.78 is 0. The Bertz CT molecular complexity index is 707. The maximum atomic E-state index is 11.1. The predicted octanol–water partition coefficient (Wildman–Crippen LogP) is 4.07. The fraction of sp³-hybridized carbons (Fsp3) is 0.125. The zero-order valence-corrected chi connectivity index (χ0v) is 11.1. The van der Waals surface area contributed by atoms with E-state index < -0.39 is 0 Å². The Labute approximate surface area is 117 Å². The van der Waals surface area contributed by atoms with E-state index in [1.54, 1.807) is 19.1 Å². The third kappa shape index (κ3) is 2.05. The molecular weight excluding hydrogens is 252 g/mol. The van der Waals surface area contributed by atoms with Crippen LogP contribution in [0.15, 0.2) is 48.5 Å². The molecule has 1 aliphatic rings. The van der Waals surface area contributed by atoms with E-state index in [0.717, 1.165) is 23.5 Å². The smallest absolute Gasteiger partial charge is 0.274 e. The van der Waals surface area contributed by atoms with Gasteiger partial charge in [0, 0.05) is 29.5 Å². The summed E-state index contributed by atoms with van der Waals surface area (Å²) in [7, 11) is 0. The molecule has 0 spiro atoms. The number of nitrogens with zero attached hydrogens (tertiary/aromatic N) is 2. The number of hydrogen-bond acceptors (Lipinski definition) is 3. The van der Waals surface area contributed by atoms with Gasteiger partial charge in [-0.1, -0.05) is 36.4 Å². The zero-order chi connectivity index (χ0) is 14.1. The Morgan fingerprint density at radius 2 is 2.00 bits per heavy atom. The van der Waals surface area contributed by atoms with E-state index in [4.69, 9.17) is 0 Å². The van der Waals surface area contributed by atoms with E-state index >= 15 is 0 Å². The first-order valence-electron chi connectivity index (χ1n) is 6.45. The molecule has 0 N–H and O–H groups in total. The zero-order valence-electron chi connectivity index (χ0n) is 11.1. The second-order valence-electron chi connectivity index (χ2n) is 4.80. The number of fused-ring (bicyclic) bond motifs is 1. The van der Waals surface area contributed by atoms with Crippen LogP contribution in [0.5, 0.6) is 0 Å². The number of hydrogen-bond donors (Lipinski definition) is 0. The lowest BCUT2D eigenvalue weighted by Gasteiger charge is -2.28. The fourth-order valence-corrected chi connectivity index (χ4v) is 2.46. The van der Waals surface area contributed by atoms with E-state index in [1.165, 1.54) is 0 Å². The maximum absolute atomic E-state index is 11.1. The Morgan fingerprint density at radius 3 is 2.80 bits per heavy atom. The van der Waals surface area contributed by atoms with Gasteiger partial charge in [0.1, 0.15) is 0 Å². The second-order valence-corrected chi connectivity index (χ2v) is 4.80. The van der Waals surface area contributed by atoms with Crippen LogP contribution >= 0.6 is 0 Å². The van der Waals surface area contributed by atoms with Gasteiger partial charge in [-0.3, -0.25) is 10.1 Å². The van der Waals surface area contributed by atoms with Gasteiger partial charge in [0.15, 0.2) is 0 Å². The SMILES string of the molecule is Cc1ccc(N2CC=Cc3ccccc32)cc1[N+](=O)[O-]. The fourth-order valence-electron chi connectivity index (χ4n) is 2.46. The molecule has 0 amide bonds. The molecule has 2 aromatic rings. The molecule has 1 heterocycles. The van der Waals surface area contributed by atoms with Gasteiger partial charge in [-0.05, 0) is 24.6 Å². The van der Waals surface area contributed by atoms with Gasteiger partial charge in [0.2, 0.25) is 0 Å². The Hall–Kier alpha value is -2.62. The molecule has 4 heteroatoms. The second kappa shape index (κ2) is 4.81. The maximum Gasteiger partial charge on any atom is 0.274 e. The van der Waals surface area contributed by atoms with Crippen molar-refractivity contribution in [2.24, 2.45) is 0 Å². The summed E-state index contributed by atoms with van der Waals surface area (Å²) in [5.41, 5.74) is 3.89. The first-order chi connectivity index (χ1) is 9.66. The van der Waals surface area contributed by atoms with E-state index in [-0.39, 0.29) is 10.6 Å². The molecule has 3 rings (SSSR count). The quantitative estimate of drug-likeness (QED) is 0.608. The molecule has 0 saturated carbocycles. The van der Waals surface area contributed by atoms with Gasteiger partial charge in [-0.2, -0.15) is 0 Å². The summed E-state index contributed by atoms with van der Waals surface area (Å²) >= 11 is 0. The molecule has 0 unspecified atom stereocenters. The lowest BCUT2D eigenvalue weighted by molar-refractivity contribution is -0.385. The van der Waals surface area contributed by atoms with Gasteiger partial charge in [0.25, 0.3) is 5.69 Å². The molecule has 0 saturated heterocycles. The minimum absolute atomic E-state index is 0.162. The molecule has 0 atom stereocenters. The van der Waals surface area contributed by atoms with Crippen molar-refractivity contribution in [3.05, 3.63) is 69.8 Å². The summed E-state index contributed by atoms with van der Waals surface area (Å²) in [6, 6.07) is 13.4. The van der Waals surface area contributed by atoms with Crippen molar-refractivity contribution in [2.75, 3.05) is 11.4 Å². The van der Waals surface area contributed by atoms with Crippen LogP contribution in [-0.2, 0) is 0 Å². The number of nitro benzene ring substituents is 1. The number of nitro groups is 1. The van der Waals surface area contributed by atoms with Gasteiger partial charge in [0.05, 0.1) is 4.92 Å². The number of aryl methyl sites for hydroxylation is 1. The molecule has 20 heavy (non-hydrogen) atoms. The van der Waals surface area contributed by atoms with E-state index in [0.29, 0.717) is 5.56 Å². The van der Waals surface area contributed by atoms with Crippen molar-refractivity contribution in [3.63, 3.8) is 0 Å². The van der Waals surface area contributed by atoms with Crippen LogP contribution in [0.1, 0.15) is 11.1 Å². The predicted molar refractivity (Wildman–Crippen MR) is 80.3 cm³/mol.